The zero-order valence-corrected chi connectivity index (χ0v) is 14.1. The van der Waals surface area contributed by atoms with Crippen LogP contribution in [0.5, 0.6) is 0 Å². The van der Waals surface area contributed by atoms with Gasteiger partial charge >= 0.3 is 7.12 Å². The van der Waals surface area contributed by atoms with E-state index in [9.17, 15) is 0 Å². The second kappa shape index (κ2) is 7.52. The molecule has 3 rings (SSSR count). The van der Waals surface area contributed by atoms with Crippen molar-refractivity contribution in [2.45, 2.75) is 19.4 Å². The Morgan fingerprint density at radius 1 is 0.958 bits per heavy atom. The number of hydrogen-bond donors (Lipinski definition) is 1. The van der Waals surface area contributed by atoms with Crippen LogP contribution in [0.4, 0.5) is 5.69 Å². The quantitative estimate of drug-likeness (QED) is 0.646. The summed E-state index contributed by atoms with van der Waals surface area (Å²) in [5, 5.41) is 0. The van der Waals surface area contributed by atoms with Gasteiger partial charge in [-0.15, -0.1) is 0 Å². The van der Waals surface area contributed by atoms with Crippen molar-refractivity contribution in [1.29, 1.82) is 0 Å². The van der Waals surface area contributed by atoms with Crippen molar-refractivity contribution in [3.63, 3.8) is 0 Å². The molecule has 1 aliphatic rings. The molecule has 2 unspecified atom stereocenters. The van der Waals surface area contributed by atoms with E-state index in [1.54, 1.807) is 0 Å². The molecule has 3 nitrogen and oxygen atoms in total. The minimum Gasteiger partial charge on any atom is -0.397 e. The lowest BCUT2D eigenvalue weighted by Crippen LogP contribution is -2.48. The van der Waals surface area contributed by atoms with E-state index in [-0.39, 0.29) is 5.92 Å². The number of hydrogen-bond acceptors (Lipinski definition) is 3. The maximum atomic E-state index is 6.38. The van der Waals surface area contributed by atoms with Gasteiger partial charge in [-0.05, 0) is 24.5 Å². The van der Waals surface area contributed by atoms with Crippen molar-refractivity contribution in [3.05, 3.63) is 85.0 Å². The standard InChI is InChI=1S/C20H22BNO2/c1-17-11-9-10-16-20(17,2)23-21(18-12-5-3-6-13-18)24-22-19-14-7-4-8-15-19/h3-17,22H,1-2H3. The first-order chi connectivity index (χ1) is 11.7. The van der Waals surface area contributed by atoms with Gasteiger partial charge in [-0.25, -0.2) is 0 Å². The molecule has 1 aliphatic carbocycles. The van der Waals surface area contributed by atoms with Gasteiger partial charge in [0.15, 0.2) is 0 Å². The SMILES string of the molecule is CC1C=CC=CC1(C)OB(ONc1ccccc1)c1ccccc1. The van der Waals surface area contributed by atoms with Crippen LogP contribution < -0.4 is 10.9 Å². The van der Waals surface area contributed by atoms with Crippen molar-refractivity contribution < 1.29 is 9.41 Å². The summed E-state index contributed by atoms with van der Waals surface area (Å²) < 4.78 is 12.3. The molecule has 0 aromatic heterocycles. The molecule has 0 fully saturated rings. The van der Waals surface area contributed by atoms with Crippen molar-refractivity contribution in [3.8, 4) is 0 Å². The third-order valence-corrected chi connectivity index (χ3v) is 4.33. The molecule has 0 heterocycles. The Morgan fingerprint density at radius 2 is 1.62 bits per heavy atom. The predicted molar refractivity (Wildman–Crippen MR) is 99.9 cm³/mol. The normalized spacial score (nSPS) is 22.3. The van der Waals surface area contributed by atoms with E-state index in [0.717, 1.165) is 11.2 Å². The number of allylic oxidation sites excluding steroid dienone is 2. The van der Waals surface area contributed by atoms with Crippen LogP contribution in [-0.2, 0) is 9.41 Å². The summed E-state index contributed by atoms with van der Waals surface area (Å²) in [7, 11) is -0.519. The number of nitrogens with one attached hydrogen (secondary N) is 1. The summed E-state index contributed by atoms with van der Waals surface area (Å²) in [5.74, 6) is 0.258. The molecule has 0 spiro atoms. The lowest BCUT2D eigenvalue weighted by Gasteiger charge is -2.35. The fourth-order valence-electron chi connectivity index (χ4n) is 2.60. The molecule has 122 valence electrons. The topological polar surface area (TPSA) is 30.5 Å². The molecular weight excluding hydrogens is 297 g/mol. The molecule has 0 saturated carbocycles. The summed E-state index contributed by atoms with van der Waals surface area (Å²) in [6.45, 7) is 4.23. The Labute approximate surface area is 144 Å². The molecule has 1 N–H and O–H groups in total. The van der Waals surface area contributed by atoms with E-state index in [4.69, 9.17) is 9.41 Å². The van der Waals surface area contributed by atoms with Gasteiger partial charge in [0.2, 0.25) is 0 Å². The Bertz CT molecular complexity index is 702. The molecular formula is C20H22BNO2. The van der Waals surface area contributed by atoms with Gasteiger partial charge in [0.05, 0.1) is 11.3 Å². The fourth-order valence-corrected chi connectivity index (χ4v) is 2.60. The summed E-state index contributed by atoms with van der Waals surface area (Å²) in [6, 6.07) is 19.8. The smallest absolute Gasteiger partial charge is 0.397 e. The van der Waals surface area contributed by atoms with Crippen LogP contribution in [-0.4, -0.2) is 12.7 Å². The zero-order valence-electron chi connectivity index (χ0n) is 14.1. The van der Waals surface area contributed by atoms with Gasteiger partial charge in [0, 0.05) is 5.92 Å². The lowest BCUT2D eigenvalue weighted by atomic mass is 9.76. The molecule has 0 saturated heterocycles. The van der Waals surface area contributed by atoms with E-state index >= 15 is 0 Å². The maximum Gasteiger partial charge on any atom is 0.517 e. The monoisotopic (exact) mass is 319 g/mol. The van der Waals surface area contributed by atoms with Gasteiger partial charge in [0.1, 0.15) is 0 Å². The molecule has 24 heavy (non-hydrogen) atoms. The second-order valence-corrected chi connectivity index (χ2v) is 6.16. The third-order valence-electron chi connectivity index (χ3n) is 4.33. The van der Waals surface area contributed by atoms with E-state index < -0.39 is 12.7 Å². The Kier molecular flexibility index (Phi) is 5.19. The van der Waals surface area contributed by atoms with Gasteiger partial charge in [0.25, 0.3) is 0 Å². The first kappa shape index (κ1) is 16.6. The molecule has 0 radical (unpaired) electrons. The predicted octanol–water partition coefficient (Wildman–Crippen LogP) is 3.96. The Hall–Kier alpha value is -2.30. The molecule has 2 aromatic carbocycles. The average Bonchev–Trinajstić information content (AvgIpc) is 2.63. The molecule has 2 atom stereocenters. The number of rotatable bonds is 6. The largest absolute Gasteiger partial charge is 0.517 e. The summed E-state index contributed by atoms with van der Waals surface area (Å²) in [6.07, 6.45) is 8.30. The average molecular weight is 319 g/mol. The highest BCUT2D eigenvalue weighted by atomic mass is 16.7. The highest BCUT2D eigenvalue weighted by molar-refractivity contribution is 6.61. The molecule has 2 aromatic rings. The van der Waals surface area contributed by atoms with Crippen molar-refractivity contribution in [2.24, 2.45) is 5.92 Å². The van der Waals surface area contributed by atoms with Crippen LogP contribution in [0.1, 0.15) is 13.8 Å². The molecule has 0 amide bonds. The van der Waals surface area contributed by atoms with Crippen LogP contribution in [0.15, 0.2) is 85.0 Å². The summed E-state index contributed by atoms with van der Waals surface area (Å²) in [4.78, 5) is 0. The Morgan fingerprint density at radius 3 is 2.29 bits per heavy atom. The zero-order chi connectivity index (χ0) is 16.8. The van der Waals surface area contributed by atoms with Crippen LogP contribution >= 0.6 is 0 Å². The van der Waals surface area contributed by atoms with Crippen LogP contribution in [0.2, 0.25) is 0 Å². The van der Waals surface area contributed by atoms with Gasteiger partial charge < -0.3 is 4.65 Å². The van der Waals surface area contributed by atoms with Gasteiger partial charge in [-0.3, -0.25) is 10.2 Å². The van der Waals surface area contributed by atoms with E-state index in [0.29, 0.717) is 0 Å². The maximum absolute atomic E-state index is 6.38. The number of anilines is 1. The van der Waals surface area contributed by atoms with E-state index in [2.05, 4.69) is 37.6 Å². The second-order valence-electron chi connectivity index (χ2n) is 6.16. The minimum atomic E-state index is -0.519. The van der Waals surface area contributed by atoms with Crippen molar-refractivity contribution in [1.82, 2.24) is 0 Å². The highest BCUT2D eigenvalue weighted by Gasteiger charge is 2.36. The van der Waals surface area contributed by atoms with Crippen molar-refractivity contribution >= 4 is 18.3 Å². The van der Waals surface area contributed by atoms with E-state index in [1.165, 1.54) is 0 Å². The lowest BCUT2D eigenvalue weighted by molar-refractivity contribution is 0.0731. The first-order valence-electron chi connectivity index (χ1n) is 8.23. The molecule has 0 aliphatic heterocycles. The highest BCUT2D eigenvalue weighted by Crippen LogP contribution is 2.28. The van der Waals surface area contributed by atoms with Crippen LogP contribution in [0.25, 0.3) is 0 Å². The third kappa shape index (κ3) is 3.96. The van der Waals surface area contributed by atoms with Gasteiger partial charge in [-0.2, -0.15) is 0 Å². The summed E-state index contributed by atoms with van der Waals surface area (Å²) in [5.41, 5.74) is 4.43. The molecule has 4 heteroatoms. The van der Waals surface area contributed by atoms with Gasteiger partial charge in [-0.1, -0.05) is 79.8 Å². The first-order valence-corrected chi connectivity index (χ1v) is 8.23. The summed E-state index contributed by atoms with van der Waals surface area (Å²) >= 11 is 0. The number of benzene rings is 2. The number of para-hydroxylation sites is 1. The fraction of sp³-hybridized carbons (Fsp3) is 0.200. The van der Waals surface area contributed by atoms with Crippen LogP contribution in [0, 0.1) is 5.92 Å². The Balaban J connectivity index is 1.78. The van der Waals surface area contributed by atoms with E-state index in [1.807, 2.05) is 66.7 Å². The molecule has 0 bridgehead atoms. The minimum absolute atomic E-state index is 0.258. The van der Waals surface area contributed by atoms with Crippen molar-refractivity contribution in [2.75, 3.05) is 5.48 Å². The van der Waals surface area contributed by atoms with Crippen LogP contribution in [0.3, 0.4) is 0 Å².